The summed E-state index contributed by atoms with van der Waals surface area (Å²) in [4.78, 5) is 27.6. The normalized spacial score (nSPS) is 10.0. The molecule has 7 nitrogen and oxygen atoms in total. The summed E-state index contributed by atoms with van der Waals surface area (Å²) < 4.78 is 5.07. The number of nitrogens with one attached hydrogen (secondary N) is 1. The average Bonchev–Trinajstić information content (AvgIpc) is 2.57. The Bertz CT molecular complexity index is 748. The van der Waals surface area contributed by atoms with Gasteiger partial charge in [0.25, 0.3) is 0 Å². The maximum atomic E-state index is 11.7. The second-order valence-electron chi connectivity index (χ2n) is 4.22. The van der Waals surface area contributed by atoms with Crippen LogP contribution in [0.25, 0.3) is 11.4 Å². The van der Waals surface area contributed by atoms with Crippen molar-refractivity contribution in [3.8, 4) is 17.1 Å². The van der Waals surface area contributed by atoms with Gasteiger partial charge in [-0.15, -0.1) is 0 Å². The van der Waals surface area contributed by atoms with Crippen molar-refractivity contribution in [2.75, 3.05) is 5.32 Å². The van der Waals surface area contributed by atoms with E-state index < -0.39 is 6.09 Å². The standard InChI is InChI=1S/C15H11N5O2/c21-15(20-13-6-7-16-10-19-13)22-12-8-17-14(18-9-12)11-4-2-1-3-5-11/h1-10H,(H,16,19,20,21). The van der Waals surface area contributed by atoms with Gasteiger partial charge >= 0.3 is 6.09 Å². The number of hydrogen-bond acceptors (Lipinski definition) is 6. The van der Waals surface area contributed by atoms with Crippen LogP contribution in [0, 0.1) is 0 Å². The Balaban J connectivity index is 1.65. The van der Waals surface area contributed by atoms with Crippen molar-refractivity contribution in [2.45, 2.75) is 0 Å². The first-order valence-corrected chi connectivity index (χ1v) is 6.43. The van der Waals surface area contributed by atoms with Gasteiger partial charge in [-0.2, -0.15) is 0 Å². The summed E-state index contributed by atoms with van der Waals surface area (Å²) in [5.74, 6) is 1.15. The number of carbonyl (C=O) groups is 1. The number of anilines is 1. The van der Waals surface area contributed by atoms with Crippen molar-refractivity contribution in [1.29, 1.82) is 0 Å². The minimum absolute atomic E-state index is 0.242. The van der Waals surface area contributed by atoms with Gasteiger partial charge in [-0.1, -0.05) is 30.3 Å². The number of hydrogen-bond donors (Lipinski definition) is 1. The number of rotatable bonds is 3. The topological polar surface area (TPSA) is 89.9 Å². The largest absolute Gasteiger partial charge is 0.418 e. The van der Waals surface area contributed by atoms with Crippen molar-refractivity contribution < 1.29 is 9.53 Å². The number of amides is 1. The van der Waals surface area contributed by atoms with Crippen molar-refractivity contribution in [3.05, 3.63) is 61.3 Å². The molecule has 2 aromatic heterocycles. The molecule has 0 aliphatic rings. The van der Waals surface area contributed by atoms with E-state index >= 15 is 0 Å². The first-order valence-electron chi connectivity index (χ1n) is 6.43. The van der Waals surface area contributed by atoms with Crippen LogP contribution in [0.4, 0.5) is 10.6 Å². The minimum Gasteiger partial charge on any atom is -0.407 e. The number of benzene rings is 1. The Hall–Kier alpha value is -3.35. The molecule has 0 spiro atoms. The first-order chi connectivity index (χ1) is 10.8. The van der Waals surface area contributed by atoms with Crippen molar-refractivity contribution in [2.24, 2.45) is 0 Å². The van der Waals surface area contributed by atoms with Gasteiger partial charge in [0.05, 0.1) is 12.4 Å². The average molecular weight is 293 g/mol. The maximum absolute atomic E-state index is 11.7. The zero-order chi connectivity index (χ0) is 15.2. The van der Waals surface area contributed by atoms with Crippen LogP contribution in [0.3, 0.4) is 0 Å². The number of nitrogens with zero attached hydrogens (tertiary/aromatic N) is 4. The van der Waals surface area contributed by atoms with Crippen LogP contribution in [-0.2, 0) is 0 Å². The molecule has 108 valence electrons. The van der Waals surface area contributed by atoms with E-state index in [1.165, 1.54) is 24.9 Å². The lowest BCUT2D eigenvalue weighted by atomic mass is 10.2. The SMILES string of the molecule is O=C(Nc1ccncn1)Oc1cnc(-c2ccccc2)nc1. The van der Waals surface area contributed by atoms with Crippen LogP contribution in [0.15, 0.2) is 61.3 Å². The molecule has 1 amide bonds. The summed E-state index contributed by atoms with van der Waals surface area (Å²) in [6.45, 7) is 0. The fourth-order valence-corrected chi connectivity index (χ4v) is 1.71. The molecule has 22 heavy (non-hydrogen) atoms. The van der Waals surface area contributed by atoms with Crippen LogP contribution in [0.2, 0.25) is 0 Å². The number of aromatic nitrogens is 4. The van der Waals surface area contributed by atoms with E-state index in [9.17, 15) is 4.79 Å². The van der Waals surface area contributed by atoms with Crippen molar-refractivity contribution in [1.82, 2.24) is 19.9 Å². The molecule has 1 N–H and O–H groups in total. The Morgan fingerprint density at radius 1 is 1.00 bits per heavy atom. The van der Waals surface area contributed by atoms with E-state index in [1.54, 1.807) is 6.07 Å². The van der Waals surface area contributed by atoms with Crippen molar-refractivity contribution in [3.63, 3.8) is 0 Å². The maximum Gasteiger partial charge on any atom is 0.418 e. The molecule has 3 aromatic rings. The molecule has 0 bridgehead atoms. The van der Waals surface area contributed by atoms with E-state index in [4.69, 9.17) is 4.74 Å². The molecule has 0 aliphatic heterocycles. The lowest BCUT2D eigenvalue weighted by molar-refractivity contribution is 0.214. The third-order valence-electron chi connectivity index (χ3n) is 2.68. The molecule has 0 atom stereocenters. The smallest absolute Gasteiger partial charge is 0.407 e. The number of ether oxygens (including phenoxy) is 1. The quantitative estimate of drug-likeness (QED) is 0.798. The van der Waals surface area contributed by atoms with E-state index in [1.807, 2.05) is 30.3 Å². The third-order valence-corrected chi connectivity index (χ3v) is 2.68. The zero-order valence-corrected chi connectivity index (χ0v) is 11.4. The van der Waals surface area contributed by atoms with Gasteiger partial charge in [-0.25, -0.2) is 24.7 Å². The van der Waals surface area contributed by atoms with Crippen LogP contribution in [-0.4, -0.2) is 26.0 Å². The predicted molar refractivity (Wildman–Crippen MR) is 79.1 cm³/mol. The van der Waals surface area contributed by atoms with Crippen LogP contribution >= 0.6 is 0 Å². The van der Waals surface area contributed by atoms with Gasteiger partial charge in [0, 0.05) is 11.8 Å². The highest BCUT2D eigenvalue weighted by Gasteiger charge is 2.07. The Morgan fingerprint density at radius 2 is 1.77 bits per heavy atom. The predicted octanol–water partition coefficient (Wildman–Crippen LogP) is 2.54. The summed E-state index contributed by atoms with van der Waals surface area (Å²) in [5, 5.41) is 2.47. The monoisotopic (exact) mass is 293 g/mol. The molecular formula is C15H11N5O2. The Labute approximate surface area is 126 Å². The summed E-state index contributed by atoms with van der Waals surface area (Å²) in [5.41, 5.74) is 0.888. The summed E-state index contributed by atoms with van der Waals surface area (Å²) in [6, 6.07) is 11.1. The fourth-order valence-electron chi connectivity index (χ4n) is 1.71. The minimum atomic E-state index is -0.672. The van der Waals surface area contributed by atoms with Gasteiger partial charge in [-0.05, 0) is 6.07 Å². The molecule has 0 radical (unpaired) electrons. The molecule has 0 aliphatic carbocycles. The zero-order valence-electron chi connectivity index (χ0n) is 11.4. The highest BCUT2D eigenvalue weighted by molar-refractivity contribution is 5.84. The van der Waals surface area contributed by atoms with E-state index in [2.05, 4.69) is 25.3 Å². The summed E-state index contributed by atoms with van der Waals surface area (Å²) in [6.07, 6.45) is 5.05. The van der Waals surface area contributed by atoms with E-state index in [0.29, 0.717) is 11.6 Å². The molecule has 0 fully saturated rings. The van der Waals surface area contributed by atoms with Gasteiger partial charge in [-0.3, -0.25) is 5.32 Å². The molecule has 1 aromatic carbocycles. The van der Waals surface area contributed by atoms with Gasteiger partial charge in [0.2, 0.25) is 0 Å². The molecule has 7 heteroatoms. The van der Waals surface area contributed by atoms with Crippen molar-refractivity contribution >= 4 is 11.9 Å². The molecule has 0 saturated heterocycles. The molecule has 2 heterocycles. The van der Waals surface area contributed by atoms with Gasteiger partial charge in [0.1, 0.15) is 12.1 Å². The fraction of sp³-hybridized carbons (Fsp3) is 0. The summed E-state index contributed by atoms with van der Waals surface area (Å²) in [7, 11) is 0. The van der Waals surface area contributed by atoms with E-state index in [-0.39, 0.29) is 5.75 Å². The Morgan fingerprint density at radius 3 is 2.45 bits per heavy atom. The molecular weight excluding hydrogens is 282 g/mol. The van der Waals surface area contributed by atoms with Crippen LogP contribution < -0.4 is 10.1 Å². The highest BCUT2D eigenvalue weighted by Crippen LogP contribution is 2.16. The lowest BCUT2D eigenvalue weighted by Gasteiger charge is -2.05. The second-order valence-corrected chi connectivity index (χ2v) is 4.22. The third kappa shape index (κ3) is 3.40. The van der Waals surface area contributed by atoms with E-state index in [0.717, 1.165) is 5.56 Å². The van der Waals surface area contributed by atoms with Crippen LogP contribution in [0.5, 0.6) is 5.75 Å². The van der Waals surface area contributed by atoms with Crippen LogP contribution in [0.1, 0.15) is 0 Å². The van der Waals surface area contributed by atoms with Gasteiger partial charge in [0.15, 0.2) is 11.6 Å². The van der Waals surface area contributed by atoms with Gasteiger partial charge < -0.3 is 4.74 Å². The second kappa shape index (κ2) is 6.40. The highest BCUT2D eigenvalue weighted by atomic mass is 16.6. The molecule has 3 rings (SSSR count). The number of carbonyl (C=O) groups excluding carboxylic acids is 1. The molecule has 0 unspecified atom stereocenters. The lowest BCUT2D eigenvalue weighted by Crippen LogP contribution is -2.17. The first kappa shape index (κ1) is 13.6. The summed E-state index contributed by atoms with van der Waals surface area (Å²) >= 11 is 0. The Kier molecular flexibility index (Phi) is 3.96. The molecule has 0 saturated carbocycles.